The zero-order chi connectivity index (χ0) is 17.5. The van der Waals surface area contributed by atoms with E-state index in [2.05, 4.69) is 25.8 Å². The van der Waals surface area contributed by atoms with Crippen molar-refractivity contribution in [3.8, 4) is 28.8 Å². The van der Waals surface area contributed by atoms with Gasteiger partial charge >= 0.3 is 6.01 Å². The van der Waals surface area contributed by atoms with Crippen LogP contribution in [0.4, 0.5) is 11.5 Å². The van der Waals surface area contributed by atoms with Gasteiger partial charge in [0.2, 0.25) is 6.79 Å². The highest BCUT2D eigenvalue weighted by Crippen LogP contribution is 2.40. The summed E-state index contributed by atoms with van der Waals surface area (Å²) in [5.74, 6) is 2.06. The molecule has 8 heteroatoms. The van der Waals surface area contributed by atoms with Crippen LogP contribution in [-0.2, 0) is 0 Å². The van der Waals surface area contributed by atoms with Crippen LogP contribution in [0, 0.1) is 0 Å². The minimum atomic E-state index is -0.242. The van der Waals surface area contributed by atoms with Gasteiger partial charge in [-0.2, -0.15) is 4.98 Å². The number of fused-ring (bicyclic) bond motifs is 4. The summed E-state index contributed by atoms with van der Waals surface area (Å²) in [4.78, 5) is 4.44. The molecule has 3 heterocycles. The van der Waals surface area contributed by atoms with E-state index in [0.29, 0.717) is 11.5 Å². The molecule has 2 N–H and O–H groups in total. The zero-order valence-corrected chi connectivity index (χ0v) is 13.9. The molecular weight excluding hydrogens is 334 g/mol. The Morgan fingerprint density at radius 2 is 1.92 bits per heavy atom. The minimum absolute atomic E-state index is 0.208. The second-order valence-corrected chi connectivity index (χ2v) is 5.88. The van der Waals surface area contributed by atoms with Gasteiger partial charge in [-0.3, -0.25) is 0 Å². The van der Waals surface area contributed by atoms with E-state index in [0.717, 1.165) is 28.3 Å². The number of hydrogen-bond donors (Lipinski definition) is 2. The number of para-hydroxylation sites is 1. The summed E-state index contributed by atoms with van der Waals surface area (Å²) in [6.07, 6.45) is -0.242. The van der Waals surface area contributed by atoms with Gasteiger partial charge in [-0.15, -0.1) is 5.10 Å². The molecule has 0 bridgehead atoms. The lowest BCUT2D eigenvalue weighted by Crippen LogP contribution is -2.19. The van der Waals surface area contributed by atoms with E-state index in [1.807, 2.05) is 42.5 Å². The lowest BCUT2D eigenvalue weighted by Gasteiger charge is -2.20. The van der Waals surface area contributed by atoms with E-state index in [4.69, 9.17) is 14.2 Å². The molecule has 0 radical (unpaired) electrons. The van der Waals surface area contributed by atoms with Crippen LogP contribution >= 0.6 is 0 Å². The van der Waals surface area contributed by atoms with Crippen LogP contribution in [-0.4, -0.2) is 29.1 Å². The molecule has 5 rings (SSSR count). The highest BCUT2D eigenvalue weighted by molar-refractivity contribution is 5.84. The first kappa shape index (κ1) is 14.8. The van der Waals surface area contributed by atoms with Gasteiger partial charge in [-0.1, -0.05) is 29.4 Å². The maximum absolute atomic E-state index is 5.50. The standard InChI is InChI=1S/C18H15N5O3/c1-24-18-21-17-15(22-23-18)11-4-2-3-5-12(11)19-16(20-17)10-6-7-13-14(8-10)26-9-25-13/h2-8,16,19H,9H2,1H3,(H,20,21,23). The fourth-order valence-corrected chi connectivity index (χ4v) is 3.08. The lowest BCUT2D eigenvalue weighted by atomic mass is 10.1. The number of nitrogens with one attached hydrogen (secondary N) is 2. The average molecular weight is 349 g/mol. The molecule has 2 aliphatic rings. The van der Waals surface area contributed by atoms with Gasteiger partial charge in [0.25, 0.3) is 0 Å². The molecule has 0 aliphatic carbocycles. The fourth-order valence-electron chi connectivity index (χ4n) is 3.08. The molecule has 0 saturated carbocycles. The van der Waals surface area contributed by atoms with Gasteiger partial charge in [0, 0.05) is 11.3 Å². The number of rotatable bonds is 2. The fraction of sp³-hybridized carbons (Fsp3) is 0.167. The Morgan fingerprint density at radius 1 is 1.04 bits per heavy atom. The molecule has 0 fully saturated rings. The van der Waals surface area contributed by atoms with E-state index in [1.165, 1.54) is 7.11 Å². The highest BCUT2D eigenvalue weighted by atomic mass is 16.7. The molecule has 1 unspecified atom stereocenters. The number of ether oxygens (including phenoxy) is 3. The minimum Gasteiger partial charge on any atom is -0.466 e. The Kier molecular flexibility index (Phi) is 3.27. The Hall–Kier alpha value is -3.55. The van der Waals surface area contributed by atoms with Crippen LogP contribution in [0.5, 0.6) is 17.5 Å². The van der Waals surface area contributed by atoms with E-state index < -0.39 is 0 Å². The number of methoxy groups -OCH3 is 1. The lowest BCUT2D eigenvalue weighted by molar-refractivity contribution is 0.174. The van der Waals surface area contributed by atoms with Crippen LogP contribution in [0.2, 0.25) is 0 Å². The molecule has 0 spiro atoms. The number of anilines is 2. The third-order valence-corrected chi connectivity index (χ3v) is 4.34. The maximum Gasteiger partial charge on any atom is 0.337 e. The first-order chi connectivity index (χ1) is 12.8. The van der Waals surface area contributed by atoms with Crippen LogP contribution in [0.15, 0.2) is 42.5 Å². The summed E-state index contributed by atoms with van der Waals surface area (Å²) >= 11 is 0. The Labute approximate surface area is 149 Å². The molecule has 3 aromatic rings. The second kappa shape index (κ2) is 5.76. The summed E-state index contributed by atoms with van der Waals surface area (Å²) in [6, 6.07) is 13.9. The number of aromatic nitrogens is 3. The topological polar surface area (TPSA) is 90.4 Å². The number of benzene rings is 2. The largest absolute Gasteiger partial charge is 0.466 e. The molecule has 1 aromatic heterocycles. The average Bonchev–Trinajstić information content (AvgIpc) is 3.09. The normalized spacial score (nSPS) is 16.6. The summed E-state index contributed by atoms with van der Waals surface area (Å²) in [7, 11) is 1.52. The molecule has 0 saturated heterocycles. The van der Waals surface area contributed by atoms with Crippen molar-refractivity contribution in [3.63, 3.8) is 0 Å². The SMILES string of the molecule is COc1nnc2c(n1)NC(c1ccc3c(c1)OCO3)Nc1ccccc1-2. The Bertz CT molecular complexity index is 994. The summed E-state index contributed by atoms with van der Waals surface area (Å²) in [6.45, 7) is 0.240. The first-order valence-corrected chi connectivity index (χ1v) is 8.12. The van der Waals surface area contributed by atoms with Gasteiger partial charge < -0.3 is 24.8 Å². The summed E-state index contributed by atoms with van der Waals surface area (Å²) in [5, 5.41) is 15.2. The van der Waals surface area contributed by atoms with Gasteiger partial charge in [-0.25, -0.2) is 0 Å². The third-order valence-electron chi connectivity index (χ3n) is 4.34. The molecule has 2 aliphatic heterocycles. The quantitative estimate of drug-likeness (QED) is 0.730. The van der Waals surface area contributed by atoms with Gasteiger partial charge in [0.15, 0.2) is 17.3 Å². The van der Waals surface area contributed by atoms with Gasteiger partial charge in [0.1, 0.15) is 11.9 Å². The van der Waals surface area contributed by atoms with Crippen molar-refractivity contribution >= 4 is 11.5 Å². The molecule has 1 atom stereocenters. The zero-order valence-electron chi connectivity index (χ0n) is 13.9. The van der Waals surface area contributed by atoms with Crippen LogP contribution < -0.4 is 24.8 Å². The van der Waals surface area contributed by atoms with Gasteiger partial charge in [0.05, 0.1) is 7.11 Å². The van der Waals surface area contributed by atoms with Crippen LogP contribution in [0.1, 0.15) is 11.7 Å². The molecule has 26 heavy (non-hydrogen) atoms. The van der Waals surface area contributed by atoms with Crippen molar-refractivity contribution in [3.05, 3.63) is 48.0 Å². The number of hydrogen-bond acceptors (Lipinski definition) is 8. The van der Waals surface area contributed by atoms with Crippen molar-refractivity contribution in [2.45, 2.75) is 6.17 Å². The summed E-state index contributed by atoms with van der Waals surface area (Å²) < 4.78 is 16.0. The molecular formula is C18H15N5O3. The summed E-state index contributed by atoms with van der Waals surface area (Å²) in [5.41, 5.74) is 3.50. The van der Waals surface area contributed by atoms with Crippen molar-refractivity contribution in [1.82, 2.24) is 15.2 Å². The molecule has 2 aromatic carbocycles. The Balaban J connectivity index is 1.63. The van der Waals surface area contributed by atoms with Gasteiger partial charge in [-0.05, 0) is 23.8 Å². The Morgan fingerprint density at radius 3 is 2.85 bits per heavy atom. The van der Waals surface area contributed by atoms with Crippen molar-refractivity contribution in [2.24, 2.45) is 0 Å². The van der Waals surface area contributed by atoms with Crippen LogP contribution in [0.25, 0.3) is 11.3 Å². The molecule has 0 amide bonds. The predicted molar refractivity (Wildman–Crippen MR) is 94.4 cm³/mol. The number of nitrogens with zero attached hydrogens (tertiary/aromatic N) is 3. The second-order valence-electron chi connectivity index (χ2n) is 5.88. The van der Waals surface area contributed by atoms with Crippen molar-refractivity contribution in [1.29, 1.82) is 0 Å². The monoisotopic (exact) mass is 349 g/mol. The maximum atomic E-state index is 5.50. The van der Waals surface area contributed by atoms with E-state index in [9.17, 15) is 0 Å². The van der Waals surface area contributed by atoms with Crippen molar-refractivity contribution < 1.29 is 14.2 Å². The highest BCUT2D eigenvalue weighted by Gasteiger charge is 2.25. The van der Waals surface area contributed by atoms with E-state index >= 15 is 0 Å². The molecule has 8 nitrogen and oxygen atoms in total. The predicted octanol–water partition coefficient (Wildman–Crippen LogP) is 2.81. The van der Waals surface area contributed by atoms with E-state index in [-0.39, 0.29) is 19.0 Å². The third kappa shape index (κ3) is 2.34. The first-order valence-electron chi connectivity index (χ1n) is 8.12. The molecule has 130 valence electrons. The van der Waals surface area contributed by atoms with E-state index in [1.54, 1.807) is 0 Å². The smallest absolute Gasteiger partial charge is 0.337 e. The van der Waals surface area contributed by atoms with Crippen molar-refractivity contribution in [2.75, 3.05) is 24.5 Å². The van der Waals surface area contributed by atoms with Crippen LogP contribution in [0.3, 0.4) is 0 Å².